The summed E-state index contributed by atoms with van der Waals surface area (Å²) >= 11 is 6.03. The Bertz CT molecular complexity index is 1520. The molecule has 0 aromatic heterocycles. The molecular weight excluding hydrogens is 472 g/mol. The van der Waals surface area contributed by atoms with E-state index < -0.39 is 9.85 Å². The van der Waals surface area contributed by atoms with Crippen LogP contribution < -0.4 is 15.7 Å². The number of nitro benzene ring substituents is 2. The fraction of sp³-hybridized carbons (Fsp3) is 0.0417. The molecule has 35 heavy (non-hydrogen) atoms. The van der Waals surface area contributed by atoms with Crippen molar-refractivity contribution in [3.8, 4) is 0 Å². The van der Waals surface area contributed by atoms with Crippen LogP contribution in [-0.4, -0.2) is 15.7 Å². The summed E-state index contributed by atoms with van der Waals surface area (Å²) in [5.74, 6) is 0.418. The van der Waals surface area contributed by atoms with Gasteiger partial charge in [-0.3, -0.25) is 25.7 Å². The minimum absolute atomic E-state index is 0.0625. The van der Waals surface area contributed by atoms with E-state index in [0.29, 0.717) is 33.1 Å². The van der Waals surface area contributed by atoms with Gasteiger partial charge in [0.1, 0.15) is 0 Å². The third kappa shape index (κ3) is 3.96. The Hall–Kier alpha value is -4.70. The van der Waals surface area contributed by atoms with Gasteiger partial charge in [-0.25, -0.2) is 0 Å². The van der Waals surface area contributed by atoms with Crippen LogP contribution in [-0.2, 0) is 0 Å². The van der Waals surface area contributed by atoms with Crippen molar-refractivity contribution in [3.05, 3.63) is 115 Å². The zero-order valence-corrected chi connectivity index (χ0v) is 19.0. The van der Waals surface area contributed by atoms with Crippen molar-refractivity contribution in [1.82, 2.24) is 5.43 Å². The van der Waals surface area contributed by atoms with Crippen molar-refractivity contribution in [1.29, 1.82) is 0 Å². The number of rotatable bonds is 5. The monoisotopic (exact) mass is 488 g/mol. The number of hydrazone groups is 1. The molecule has 174 valence electrons. The fourth-order valence-corrected chi connectivity index (χ4v) is 4.08. The number of anilines is 2. The molecule has 4 aromatic rings. The van der Waals surface area contributed by atoms with Gasteiger partial charge in [0.15, 0.2) is 11.5 Å². The third-order valence-corrected chi connectivity index (χ3v) is 5.86. The van der Waals surface area contributed by atoms with Crippen molar-refractivity contribution < 1.29 is 9.85 Å². The second kappa shape index (κ2) is 8.58. The molecule has 1 N–H and O–H groups in total. The van der Waals surface area contributed by atoms with Crippen LogP contribution in [0.5, 0.6) is 0 Å². The molecule has 1 aliphatic rings. The van der Waals surface area contributed by atoms with E-state index in [2.05, 4.69) is 10.5 Å². The van der Waals surface area contributed by atoms with E-state index in [1.54, 1.807) is 67.6 Å². The summed E-state index contributed by atoms with van der Waals surface area (Å²) in [7, 11) is 0. The van der Waals surface area contributed by atoms with Gasteiger partial charge < -0.3 is 0 Å². The van der Waals surface area contributed by atoms with Gasteiger partial charge >= 0.3 is 5.69 Å². The highest BCUT2D eigenvalue weighted by atomic mass is 35.5. The smallest absolute Gasteiger partial charge is 0.259 e. The van der Waals surface area contributed by atoms with Crippen molar-refractivity contribution in [2.75, 3.05) is 10.2 Å². The van der Waals surface area contributed by atoms with E-state index in [-0.39, 0.29) is 17.1 Å². The van der Waals surface area contributed by atoms with E-state index >= 15 is 0 Å². The highest BCUT2D eigenvalue weighted by molar-refractivity contribution is 6.30. The number of nitrogens with one attached hydrogen (secondary N) is 1. The van der Waals surface area contributed by atoms with E-state index in [1.807, 2.05) is 6.07 Å². The first-order valence-corrected chi connectivity index (χ1v) is 10.8. The molecule has 0 amide bonds. The molecule has 5 rings (SSSR count). The van der Waals surface area contributed by atoms with Crippen LogP contribution in [0.25, 0.3) is 10.8 Å². The second-order valence-corrected chi connectivity index (χ2v) is 8.24. The van der Waals surface area contributed by atoms with E-state index in [4.69, 9.17) is 11.6 Å². The molecule has 11 heteroatoms. The van der Waals surface area contributed by atoms with Gasteiger partial charge in [-0.1, -0.05) is 35.9 Å². The lowest BCUT2D eigenvalue weighted by molar-refractivity contribution is -0.384. The van der Waals surface area contributed by atoms with Crippen LogP contribution in [0.4, 0.5) is 22.7 Å². The minimum Gasteiger partial charge on any atom is -0.259 e. The van der Waals surface area contributed by atoms with Gasteiger partial charge in [-0.2, -0.15) is 5.12 Å². The molecule has 0 atom stereocenters. The lowest BCUT2D eigenvalue weighted by atomic mass is 10.1. The predicted molar refractivity (Wildman–Crippen MR) is 135 cm³/mol. The summed E-state index contributed by atoms with van der Waals surface area (Å²) in [6.07, 6.45) is 0. The van der Waals surface area contributed by atoms with Gasteiger partial charge in [-0.15, -0.1) is 10.2 Å². The van der Waals surface area contributed by atoms with Gasteiger partial charge in [0.05, 0.1) is 20.9 Å². The van der Waals surface area contributed by atoms with Crippen molar-refractivity contribution in [2.45, 2.75) is 6.92 Å². The SMILES string of the molecule is Cc1cc([N+](=O)[O-])ccc1N1NC(c2ccc(Cl)cc2)=NN1c1ccc2ccccc2c1[N+](=O)[O-]. The van der Waals surface area contributed by atoms with E-state index in [1.165, 1.54) is 22.4 Å². The minimum atomic E-state index is -0.476. The summed E-state index contributed by atoms with van der Waals surface area (Å²) in [6.45, 7) is 1.72. The zero-order chi connectivity index (χ0) is 24.7. The average molecular weight is 489 g/mol. The number of nitrogens with zero attached hydrogens (tertiary/aromatic N) is 5. The number of hydrogen-bond acceptors (Lipinski definition) is 8. The second-order valence-electron chi connectivity index (χ2n) is 7.81. The molecule has 10 nitrogen and oxygen atoms in total. The van der Waals surface area contributed by atoms with Gasteiger partial charge in [0.25, 0.3) is 5.69 Å². The number of hydrazine groups is 2. The molecule has 0 saturated carbocycles. The Balaban J connectivity index is 1.70. The van der Waals surface area contributed by atoms with Crippen molar-refractivity contribution in [3.63, 3.8) is 0 Å². The highest BCUT2D eigenvalue weighted by Gasteiger charge is 2.33. The molecule has 0 saturated heterocycles. The van der Waals surface area contributed by atoms with Crippen LogP contribution in [0.3, 0.4) is 0 Å². The van der Waals surface area contributed by atoms with Gasteiger partial charge in [0.2, 0.25) is 0 Å². The Morgan fingerprint density at radius 2 is 1.60 bits per heavy atom. The van der Waals surface area contributed by atoms with Crippen molar-refractivity contribution in [2.24, 2.45) is 5.10 Å². The molecule has 0 spiro atoms. The molecule has 0 radical (unpaired) electrons. The molecule has 4 aromatic carbocycles. The molecule has 1 heterocycles. The summed E-state index contributed by atoms with van der Waals surface area (Å²) < 4.78 is 0. The number of amidine groups is 1. The Morgan fingerprint density at radius 1 is 0.886 bits per heavy atom. The molecule has 0 bridgehead atoms. The van der Waals surface area contributed by atoms with E-state index in [9.17, 15) is 20.2 Å². The van der Waals surface area contributed by atoms with Gasteiger partial charge in [0, 0.05) is 22.7 Å². The summed E-state index contributed by atoms with van der Waals surface area (Å²) in [5, 5.41) is 32.8. The standard InChI is InChI=1S/C24H17ClN6O4/c1-15-14-19(30(32)33)11-13-21(15)28-26-24(17-6-9-18(25)10-7-17)27-29(28)22-12-8-16-4-2-3-5-20(16)23(22)31(34)35/h2-14H,1H3,(H,26,27). The maximum atomic E-state index is 12.2. The average Bonchev–Trinajstić information content (AvgIpc) is 3.28. The zero-order valence-electron chi connectivity index (χ0n) is 18.3. The van der Waals surface area contributed by atoms with Crippen LogP contribution in [0.1, 0.15) is 11.1 Å². The maximum Gasteiger partial charge on any atom is 0.304 e. The van der Waals surface area contributed by atoms with E-state index in [0.717, 1.165) is 5.39 Å². The summed E-state index contributed by atoms with van der Waals surface area (Å²) in [4.78, 5) is 22.5. The molecular formula is C24H17ClN6O4. The van der Waals surface area contributed by atoms with Crippen LogP contribution >= 0.6 is 11.6 Å². The molecule has 0 unspecified atom stereocenters. The number of fused-ring (bicyclic) bond motifs is 1. The number of aryl methyl sites for hydroxylation is 1. The normalized spacial score (nSPS) is 13.0. The van der Waals surface area contributed by atoms with Gasteiger partial charge in [-0.05, 0) is 60.3 Å². The first-order chi connectivity index (χ1) is 16.8. The van der Waals surface area contributed by atoms with Crippen molar-refractivity contribution >= 4 is 51.0 Å². The first-order valence-electron chi connectivity index (χ1n) is 10.5. The highest BCUT2D eigenvalue weighted by Crippen LogP contribution is 2.39. The number of non-ortho nitro benzene ring substituents is 1. The maximum absolute atomic E-state index is 12.2. The predicted octanol–water partition coefficient (Wildman–Crippen LogP) is 5.73. The Morgan fingerprint density at radius 3 is 2.29 bits per heavy atom. The Labute approximate surface area is 203 Å². The Kier molecular flexibility index (Phi) is 5.42. The van der Waals surface area contributed by atoms with Crippen LogP contribution in [0.15, 0.2) is 84.0 Å². The summed E-state index contributed by atoms with van der Waals surface area (Å²) in [5.41, 5.74) is 5.02. The fourth-order valence-electron chi connectivity index (χ4n) is 3.95. The summed E-state index contributed by atoms with van der Waals surface area (Å²) in [6, 6.07) is 21.8. The first kappa shape index (κ1) is 22.1. The quantitative estimate of drug-likeness (QED) is 0.281. The number of nitro groups is 2. The lowest BCUT2D eigenvalue weighted by Gasteiger charge is -2.29. The van der Waals surface area contributed by atoms with Crippen LogP contribution in [0, 0.1) is 27.2 Å². The molecule has 0 aliphatic carbocycles. The lowest BCUT2D eigenvalue weighted by Crippen LogP contribution is -2.45. The topological polar surface area (TPSA) is 117 Å². The number of halogens is 1. The number of hydrogen-bond donors (Lipinski definition) is 1. The number of benzene rings is 4. The third-order valence-electron chi connectivity index (χ3n) is 5.61. The largest absolute Gasteiger partial charge is 0.304 e. The van der Waals surface area contributed by atoms with Crippen LogP contribution in [0.2, 0.25) is 5.02 Å². The molecule has 1 aliphatic heterocycles. The molecule has 0 fully saturated rings.